The fourth-order valence-electron chi connectivity index (χ4n) is 6.15. The molecule has 45 heavy (non-hydrogen) atoms. The third kappa shape index (κ3) is 5.21. The van der Waals surface area contributed by atoms with Gasteiger partial charge in [-0.15, -0.1) is 0 Å². The van der Waals surface area contributed by atoms with Crippen LogP contribution < -0.4 is 9.80 Å². The summed E-state index contributed by atoms with van der Waals surface area (Å²) in [6.45, 7) is 8.19. The molecule has 0 N–H and O–H groups in total. The molecule has 7 rings (SSSR count). The van der Waals surface area contributed by atoms with Crippen LogP contribution in [0, 0.1) is 0 Å². The van der Waals surface area contributed by atoms with Crippen LogP contribution in [0.5, 0.6) is 0 Å². The van der Waals surface area contributed by atoms with Crippen LogP contribution in [0.4, 0.5) is 28.4 Å². The van der Waals surface area contributed by atoms with E-state index in [-0.39, 0.29) is 0 Å². The molecule has 0 atom stereocenters. The van der Waals surface area contributed by atoms with Crippen LogP contribution in [-0.2, 0) is 0 Å². The van der Waals surface area contributed by atoms with E-state index < -0.39 is 0 Å². The smallest absolute Gasteiger partial charge is 0.0541 e. The average Bonchev–Trinajstić information content (AvgIpc) is 3.44. The van der Waals surface area contributed by atoms with Crippen LogP contribution >= 0.6 is 0 Å². The van der Waals surface area contributed by atoms with Gasteiger partial charge in [-0.25, -0.2) is 0 Å². The first-order chi connectivity index (χ1) is 22.3. The molecule has 1 aromatic heterocycles. The van der Waals surface area contributed by atoms with E-state index >= 15 is 0 Å². The van der Waals surface area contributed by atoms with Gasteiger partial charge in [-0.2, -0.15) is 0 Å². The molecule has 6 aromatic carbocycles. The molecule has 0 spiro atoms. The van der Waals surface area contributed by atoms with E-state index in [4.69, 9.17) is 0 Å². The minimum Gasteiger partial charge on any atom is -0.310 e. The second-order valence-electron chi connectivity index (χ2n) is 10.8. The molecule has 0 unspecified atom stereocenters. The number of rotatable bonds is 9. The second kappa shape index (κ2) is 12.3. The molecular formula is C42H33N3. The zero-order valence-corrected chi connectivity index (χ0v) is 25.0. The van der Waals surface area contributed by atoms with Crippen LogP contribution in [0.1, 0.15) is 0 Å². The van der Waals surface area contributed by atoms with Crippen molar-refractivity contribution < 1.29 is 0 Å². The summed E-state index contributed by atoms with van der Waals surface area (Å²) in [6.07, 6.45) is 5.69. The van der Waals surface area contributed by atoms with Gasteiger partial charge in [0.05, 0.1) is 28.1 Å². The summed E-state index contributed by atoms with van der Waals surface area (Å²) in [6, 6.07) is 55.6. The Hall–Kier alpha value is -6.06. The molecule has 7 aromatic rings. The molecule has 0 fully saturated rings. The Labute approximate surface area is 264 Å². The first-order valence-corrected chi connectivity index (χ1v) is 15.1. The van der Waals surface area contributed by atoms with Crippen LogP contribution in [0.15, 0.2) is 195 Å². The average molecular weight is 580 g/mol. The van der Waals surface area contributed by atoms with Gasteiger partial charge in [0.2, 0.25) is 0 Å². The fraction of sp³-hybridized carbons (Fsp3) is 0. The van der Waals surface area contributed by atoms with Crippen molar-refractivity contribution in [3.63, 3.8) is 0 Å². The minimum atomic E-state index is 0.924. The molecule has 0 amide bonds. The van der Waals surface area contributed by atoms with Crippen LogP contribution in [0.25, 0.3) is 27.5 Å². The highest BCUT2D eigenvalue weighted by Gasteiger charge is 2.21. The number of para-hydroxylation sites is 5. The maximum absolute atomic E-state index is 4.19. The van der Waals surface area contributed by atoms with Gasteiger partial charge >= 0.3 is 0 Å². The molecule has 0 aliphatic rings. The minimum absolute atomic E-state index is 0.924. The first kappa shape index (κ1) is 27.8. The van der Waals surface area contributed by atoms with Crippen molar-refractivity contribution >= 4 is 50.2 Å². The maximum atomic E-state index is 4.19. The van der Waals surface area contributed by atoms with Crippen molar-refractivity contribution in [2.24, 2.45) is 0 Å². The number of fused-ring (bicyclic) bond motifs is 3. The predicted molar refractivity (Wildman–Crippen MR) is 193 cm³/mol. The standard InChI is InChI=1S/C42H33N3/c1-3-18-32(4-2)43(33-19-8-5-9-20-33)36-29-37(44(34-21-10-6-11-22-34)35-23-12-7-13-24-35)31-38(30-36)45-41-27-16-14-25-39(41)40-26-15-17-28-42(40)45/h3-31H,1-2H2/b32-18+. The van der Waals surface area contributed by atoms with Crippen LogP contribution in [0.3, 0.4) is 0 Å². The van der Waals surface area contributed by atoms with Gasteiger partial charge in [0.1, 0.15) is 0 Å². The Balaban J connectivity index is 1.58. The van der Waals surface area contributed by atoms with Crippen molar-refractivity contribution in [3.8, 4) is 5.69 Å². The van der Waals surface area contributed by atoms with Crippen LogP contribution in [0.2, 0.25) is 0 Å². The van der Waals surface area contributed by atoms with Gasteiger partial charge in [0.25, 0.3) is 0 Å². The van der Waals surface area contributed by atoms with Gasteiger partial charge < -0.3 is 14.4 Å². The predicted octanol–water partition coefficient (Wildman–Crippen LogP) is 11.6. The zero-order valence-electron chi connectivity index (χ0n) is 25.0. The Kier molecular flexibility index (Phi) is 7.57. The Morgan fingerprint density at radius 2 is 0.956 bits per heavy atom. The second-order valence-corrected chi connectivity index (χ2v) is 10.8. The SMILES string of the molecule is C=C/C=C(\C=C)N(c1ccccc1)c1cc(N(c2ccccc2)c2ccccc2)cc(-n2c3ccccc3c3ccccc32)c1. The van der Waals surface area contributed by atoms with Crippen molar-refractivity contribution in [1.82, 2.24) is 4.57 Å². The van der Waals surface area contributed by atoms with Crippen molar-refractivity contribution in [3.05, 3.63) is 195 Å². The maximum Gasteiger partial charge on any atom is 0.0541 e. The van der Waals surface area contributed by atoms with E-state index in [1.165, 1.54) is 10.8 Å². The normalized spacial score (nSPS) is 11.4. The Morgan fingerprint density at radius 3 is 1.47 bits per heavy atom. The van der Waals surface area contributed by atoms with E-state index in [2.05, 4.69) is 179 Å². The number of aromatic nitrogens is 1. The summed E-state index contributed by atoms with van der Waals surface area (Å²) < 4.78 is 2.37. The summed E-state index contributed by atoms with van der Waals surface area (Å²) in [4.78, 5) is 4.55. The van der Waals surface area contributed by atoms with Crippen molar-refractivity contribution in [2.75, 3.05) is 9.80 Å². The molecular weight excluding hydrogens is 546 g/mol. The lowest BCUT2D eigenvalue weighted by Crippen LogP contribution is -2.17. The lowest BCUT2D eigenvalue weighted by atomic mass is 10.1. The molecule has 1 heterocycles. The highest BCUT2D eigenvalue weighted by molar-refractivity contribution is 6.09. The number of hydrogen-bond donors (Lipinski definition) is 0. The van der Waals surface area contributed by atoms with Crippen molar-refractivity contribution in [1.29, 1.82) is 0 Å². The lowest BCUT2D eigenvalue weighted by Gasteiger charge is -2.31. The molecule has 3 heteroatoms. The molecule has 0 aliphatic carbocycles. The third-order valence-electron chi connectivity index (χ3n) is 8.04. The molecule has 0 saturated heterocycles. The number of anilines is 5. The number of hydrogen-bond acceptors (Lipinski definition) is 2. The Morgan fingerprint density at radius 1 is 0.489 bits per heavy atom. The van der Waals surface area contributed by atoms with E-state index in [1.807, 2.05) is 24.3 Å². The van der Waals surface area contributed by atoms with Gasteiger partial charge in [0, 0.05) is 33.5 Å². The molecule has 0 saturated carbocycles. The van der Waals surface area contributed by atoms with E-state index in [9.17, 15) is 0 Å². The van der Waals surface area contributed by atoms with E-state index in [0.717, 1.165) is 50.9 Å². The van der Waals surface area contributed by atoms with Gasteiger partial charge in [0.15, 0.2) is 0 Å². The van der Waals surface area contributed by atoms with Crippen LogP contribution in [-0.4, -0.2) is 4.57 Å². The molecule has 0 aliphatic heterocycles. The molecule has 3 nitrogen and oxygen atoms in total. The summed E-state index contributed by atoms with van der Waals surface area (Å²) in [5.74, 6) is 0. The topological polar surface area (TPSA) is 11.4 Å². The van der Waals surface area contributed by atoms with Gasteiger partial charge in [-0.1, -0.05) is 110 Å². The van der Waals surface area contributed by atoms with E-state index in [0.29, 0.717) is 0 Å². The number of allylic oxidation sites excluding steroid dienone is 3. The quantitative estimate of drug-likeness (QED) is 0.158. The van der Waals surface area contributed by atoms with E-state index in [1.54, 1.807) is 0 Å². The van der Waals surface area contributed by atoms with Gasteiger partial charge in [-0.3, -0.25) is 0 Å². The number of nitrogens with zero attached hydrogens (tertiary/aromatic N) is 3. The molecule has 216 valence electrons. The monoisotopic (exact) mass is 579 g/mol. The largest absolute Gasteiger partial charge is 0.310 e. The summed E-state index contributed by atoms with van der Waals surface area (Å²) >= 11 is 0. The highest BCUT2D eigenvalue weighted by atomic mass is 15.2. The van der Waals surface area contributed by atoms with Crippen molar-refractivity contribution in [2.45, 2.75) is 0 Å². The summed E-state index contributed by atoms with van der Waals surface area (Å²) in [5.41, 5.74) is 9.50. The zero-order chi connectivity index (χ0) is 30.6. The van der Waals surface area contributed by atoms with Gasteiger partial charge in [-0.05, 0) is 78.9 Å². The highest BCUT2D eigenvalue weighted by Crippen LogP contribution is 2.42. The third-order valence-corrected chi connectivity index (χ3v) is 8.04. The fourth-order valence-corrected chi connectivity index (χ4v) is 6.15. The lowest BCUT2D eigenvalue weighted by molar-refractivity contribution is 1.14. The molecule has 0 bridgehead atoms. The summed E-state index contributed by atoms with van der Waals surface area (Å²) in [5, 5.41) is 2.45. The number of benzene rings is 6. The first-order valence-electron chi connectivity index (χ1n) is 15.1. The molecule has 0 radical (unpaired) electrons. The summed E-state index contributed by atoms with van der Waals surface area (Å²) in [7, 11) is 0. The Bertz CT molecular complexity index is 2050.